The van der Waals surface area contributed by atoms with Crippen LogP contribution in [0.15, 0.2) is 40.9 Å². The van der Waals surface area contributed by atoms with Crippen LogP contribution in [0.3, 0.4) is 0 Å². The van der Waals surface area contributed by atoms with Crippen LogP contribution in [0.2, 0.25) is 0 Å². The highest BCUT2D eigenvalue weighted by atomic mass is 16.4. The summed E-state index contributed by atoms with van der Waals surface area (Å²) in [6.45, 7) is 1.93. The maximum atomic E-state index is 5.56. The third-order valence-corrected chi connectivity index (χ3v) is 2.20. The molecule has 4 nitrogen and oxygen atoms in total. The topological polar surface area (TPSA) is 43.9 Å². The summed E-state index contributed by atoms with van der Waals surface area (Å²) in [5.74, 6) is 0. The molecule has 0 unspecified atom stereocenters. The molecule has 0 bridgehead atoms. The van der Waals surface area contributed by atoms with Crippen molar-refractivity contribution in [1.82, 2.24) is 14.8 Å². The molecule has 74 valence electrons. The number of hydrogen-bond acceptors (Lipinski definition) is 3. The van der Waals surface area contributed by atoms with Crippen LogP contribution in [-0.2, 0) is 0 Å². The third kappa shape index (κ3) is 1.30. The van der Waals surface area contributed by atoms with Gasteiger partial charge in [0.2, 0.25) is 0 Å². The number of rotatable bonds is 1. The summed E-state index contributed by atoms with van der Waals surface area (Å²) in [5, 5.41) is 4.24. The number of aryl methyl sites for hydroxylation is 1. The highest BCUT2D eigenvalue weighted by molar-refractivity contribution is 5.73. The quantitative estimate of drug-likeness (QED) is 0.604. The van der Waals surface area contributed by atoms with Crippen LogP contribution < -0.4 is 0 Å². The minimum atomic E-state index is 0.504. The predicted octanol–water partition coefficient (Wildman–Crippen LogP) is 2.32. The molecule has 0 aliphatic heterocycles. The number of para-hydroxylation sites is 2. The molecular formula is C11H9N3O. The van der Waals surface area contributed by atoms with Crippen LogP contribution in [-0.4, -0.2) is 14.8 Å². The van der Waals surface area contributed by atoms with E-state index in [0.29, 0.717) is 6.01 Å². The van der Waals surface area contributed by atoms with Gasteiger partial charge in [0.15, 0.2) is 5.58 Å². The third-order valence-electron chi connectivity index (χ3n) is 2.20. The lowest BCUT2D eigenvalue weighted by atomic mass is 10.3. The Hall–Kier alpha value is -2.10. The van der Waals surface area contributed by atoms with E-state index in [1.807, 2.05) is 43.5 Å². The Kier molecular flexibility index (Phi) is 1.62. The lowest BCUT2D eigenvalue weighted by molar-refractivity contribution is 0.542. The molecule has 0 saturated heterocycles. The Balaban J connectivity index is 2.19. The summed E-state index contributed by atoms with van der Waals surface area (Å²) < 4.78 is 7.19. The molecule has 4 heteroatoms. The number of fused-ring (bicyclic) bond motifs is 1. The Morgan fingerprint density at radius 1 is 1.20 bits per heavy atom. The molecule has 15 heavy (non-hydrogen) atoms. The molecular weight excluding hydrogens is 190 g/mol. The van der Waals surface area contributed by atoms with Crippen LogP contribution in [0.1, 0.15) is 5.69 Å². The van der Waals surface area contributed by atoms with Gasteiger partial charge < -0.3 is 4.42 Å². The van der Waals surface area contributed by atoms with Gasteiger partial charge in [-0.2, -0.15) is 14.8 Å². The minimum absolute atomic E-state index is 0.504. The van der Waals surface area contributed by atoms with Crippen molar-refractivity contribution >= 4 is 11.1 Å². The zero-order chi connectivity index (χ0) is 10.3. The zero-order valence-corrected chi connectivity index (χ0v) is 8.21. The van der Waals surface area contributed by atoms with Crippen molar-refractivity contribution in [2.24, 2.45) is 0 Å². The van der Waals surface area contributed by atoms with Gasteiger partial charge in [0.05, 0.1) is 5.69 Å². The summed E-state index contributed by atoms with van der Waals surface area (Å²) >= 11 is 0. The second-order valence-corrected chi connectivity index (χ2v) is 3.37. The molecule has 1 aromatic carbocycles. The van der Waals surface area contributed by atoms with E-state index >= 15 is 0 Å². The fourth-order valence-electron chi connectivity index (χ4n) is 1.48. The first kappa shape index (κ1) is 8.23. The number of oxazole rings is 1. The van der Waals surface area contributed by atoms with Crippen LogP contribution in [0.5, 0.6) is 0 Å². The van der Waals surface area contributed by atoms with Gasteiger partial charge in [-0.1, -0.05) is 12.1 Å². The van der Waals surface area contributed by atoms with E-state index in [0.717, 1.165) is 16.8 Å². The van der Waals surface area contributed by atoms with Gasteiger partial charge in [-0.25, -0.2) is 0 Å². The normalized spacial score (nSPS) is 11.0. The van der Waals surface area contributed by atoms with Gasteiger partial charge in [0.25, 0.3) is 0 Å². The second kappa shape index (κ2) is 2.95. The standard InChI is InChI=1S/C11H9N3O/c1-8-6-7-14(13-8)11-12-9-4-2-3-5-10(9)15-11/h2-7H,1H3. The zero-order valence-electron chi connectivity index (χ0n) is 8.21. The SMILES string of the molecule is Cc1ccn(-c2nc3ccccc3o2)n1. The van der Waals surface area contributed by atoms with Crippen molar-refractivity contribution < 1.29 is 4.42 Å². The fraction of sp³-hybridized carbons (Fsp3) is 0.0909. The monoisotopic (exact) mass is 199 g/mol. The maximum absolute atomic E-state index is 5.56. The van der Waals surface area contributed by atoms with E-state index in [9.17, 15) is 0 Å². The van der Waals surface area contributed by atoms with Crippen LogP contribution in [0.4, 0.5) is 0 Å². The molecule has 0 aliphatic rings. The van der Waals surface area contributed by atoms with Crippen LogP contribution >= 0.6 is 0 Å². The Morgan fingerprint density at radius 3 is 2.80 bits per heavy atom. The molecule has 0 N–H and O–H groups in total. The van der Waals surface area contributed by atoms with Crippen LogP contribution in [0.25, 0.3) is 17.1 Å². The lowest BCUT2D eigenvalue weighted by Crippen LogP contribution is -1.94. The van der Waals surface area contributed by atoms with Crippen molar-refractivity contribution in [1.29, 1.82) is 0 Å². The van der Waals surface area contributed by atoms with Crippen molar-refractivity contribution in [3.8, 4) is 6.01 Å². The number of aromatic nitrogens is 3. The smallest absolute Gasteiger partial charge is 0.323 e. The first-order valence-corrected chi connectivity index (χ1v) is 4.71. The van der Waals surface area contributed by atoms with E-state index in [2.05, 4.69) is 10.1 Å². The summed E-state index contributed by atoms with van der Waals surface area (Å²) in [5.41, 5.74) is 2.57. The Bertz CT molecular complexity index is 576. The summed E-state index contributed by atoms with van der Waals surface area (Å²) in [6.07, 6.45) is 1.83. The number of nitrogens with zero attached hydrogens (tertiary/aromatic N) is 3. The maximum Gasteiger partial charge on any atom is 0.323 e. The molecule has 0 radical (unpaired) electrons. The Morgan fingerprint density at radius 2 is 2.07 bits per heavy atom. The average molecular weight is 199 g/mol. The number of hydrogen-bond donors (Lipinski definition) is 0. The van der Waals surface area contributed by atoms with Crippen molar-refractivity contribution in [3.05, 3.63) is 42.2 Å². The van der Waals surface area contributed by atoms with E-state index in [4.69, 9.17) is 4.42 Å². The van der Waals surface area contributed by atoms with Gasteiger partial charge in [-0.15, -0.1) is 0 Å². The molecule has 0 amide bonds. The first-order chi connectivity index (χ1) is 7.33. The van der Waals surface area contributed by atoms with Gasteiger partial charge in [-0.3, -0.25) is 0 Å². The van der Waals surface area contributed by atoms with Crippen molar-refractivity contribution in [2.75, 3.05) is 0 Å². The van der Waals surface area contributed by atoms with E-state index in [1.54, 1.807) is 4.68 Å². The van der Waals surface area contributed by atoms with Gasteiger partial charge in [0.1, 0.15) is 5.52 Å². The molecule has 0 saturated carbocycles. The van der Waals surface area contributed by atoms with Crippen molar-refractivity contribution in [3.63, 3.8) is 0 Å². The molecule has 3 rings (SSSR count). The largest absolute Gasteiger partial charge is 0.422 e. The summed E-state index contributed by atoms with van der Waals surface area (Å²) in [7, 11) is 0. The Labute approximate surface area is 86.2 Å². The fourth-order valence-corrected chi connectivity index (χ4v) is 1.48. The molecule has 0 aliphatic carbocycles. The highest BCUT2D eigenvalue weighted by Gasteiger charge is 2.07. The average Bonchev–Trinajstić information content (AvgIpc) is 2.82. The summed E-state index contributed by atoms with van der Waals surface area (Å²) in [6, 6.07) is 10.1. The van der Waals surface area contributed by atoms with E-state index in [1.165, 1.54) is 0 Å². The predicted molar refractivity (Wildman–Crippen MR) is 55.9 cm³/mol. The van der Waals surface area contributed by atoms with E-state index < -0.39 is 0 Å². The van der Waals surface area contributed by atoms with Gasteiger partial charge in [0, 0.05) is 6.20 Å². The summed E-state index contributed by atoms with van der Waals surface area (Å²) in [4.78, 5) is 4.33. The lowest BCUT2D eigenvalue weighted by Gasteiger charge is -1.90. The van der Waals surface area contributed by atoms with Crippen LogP contribution in [0, 0.1) is 6.92 Å². The minimum Gasteiger partial charge on any atom is -0.422 e. The van der Waals surface area contributed by atoms with Gasteiger partial charge >= 0.3 is 6.01 Å². The molecule has 2 aromatic heterocycles. The molecule has 2 heterocycles. The van der Waals surface area contributed by atoms with Crippen molar-refractivity contribution in [2.45, 2.75) is 6.92 Å². The highest BCUT2D eigenvalue weighted by Crippen LogP contribution is 2.16. The van der Waals surface area contributed by atoms with Gasteiger partial charge in [-0.05, 0) is 25.1 Å². The first-order valence-electron chi connectivity index (χ1n) is 4.71. The number of benzene rings is 1. The van der Waals surface area contributed by atoms with E-state index in [-0.39, 0.29) is 0 Å². The molecule has 3 aromatic rings. The molecule has 0 atom stereocenters. The molecule has 0 spiro atoms. The second-order valence-electron chi connectivity index (χ2n) is 3.37. The molecule has 0 fully saturated rings.